The summed E-state index contributed by atoms with van der Waals surface area (Å²) in [6.45, 7) is 1.09. The third-order valence-corrected chi connectivity index (χ3v) is 4.22. The number of rotatable bonds is 1. The average molecular weight is 232 g/mol. The first-order valence-electron chi connectivity index (χ1n) is 6.69. The molecule has 0 amide bonds. The van der Waals surface area contributed by atoms with Crippen molar-refractivity contribution < 1.29 is 0 Å². The van der Waals surface area contributed by atoms with Crippen molar-refractivity contribution in [3.63, 3.8) is 0 Å². The van der Waals surface area contributed by atoms with Gasteiger partial charge in [0.15, 0.2) is 11.6 Å². The van der Waals surface area contributed by atoms with Gasteiger partial charge in [0.25, 0.3) is 0 Å². The molecule has 2 heterocycles. The number of hydrogen-bond donors (Lipinski definition) is 1. The first-order chi connectivity index (χ1) is 8.36. The Morgan fingerprint density at radius 2 is 1.82 bits per heavy atom. The van der Waals surface area contributed by atoms with E-state index in [1.165, 1.54) is 38.5 Å². The molecule has 17 heavy (non-hydrogen) atoms. The second kappa shape index (κ2) is 4.51. The van der Waals surface area contributed by atoms with Crippen molar-refractivity contribution in [1.29, 1.82) is 0 Å². The molecule has 0 spiro atoms. The van der Waals surface area contributed by atoms with Crippen LogP contribution in [0.25, 0.3) is 0 Å². The Bertz CT molecular complexity index is 391. The highest BCUT2D eigenvalue weighted by atomic mass is 15.2. The molecule has 1 aromatic rings. The standard InChI is InChI=1S/C13H20N4/c14-12-13(16-8-7-15-12)17-9-3-5-10-4-1-2-6-11(10)17/h7-8,10-11H,1-6,9H2,(H2,14,15)/t10-,11-/m1/s1. The third-order valence-electron chi connectivity index (χ3n) is 4.22. The molecular formula is C13H20N4. The van der Waals surface area contributed by atoms with Crippen LogP contribution in [0.5, 0.6) is 0 Å². The lowest BCUT2D eigenvalue weighted by Crippen LogP contribution is -2.47. The Morgan fingerprint density at radius 3 is 2.71 bits per heavy atom. The Morgan fingerprint density at radius 1 is 1.06 bits per heavy atom. The summed E-state index contributed by atoms with van der Waals surface area (Å²) in [5.74, 6) is 2.33. The zero-order valence-corrected chi connectivity index (χ0v) is 10.2. The summed E-state index contributed by atoms with van der Waals surface area (Å²) in [5.41, 5.74) is 5.96. The molecule has 1 aliphatic heterocycles. The minimum absolute atomic E-state index is 0.582. The van der Waals surface area contributed by atoms with Crippen LogP contribution >= 0.6 is 0 Å². The molecule has 0 aromatic carbocycles. The van der Waals surface area contributed by atoms with E-state index in [1.807, 2.05) is 0 Å². The summed E-state index contributed by atoms with van der Waals surface area (Å²) < 4.78 is 0. The molecule has 1 aromatic heterocycles. The highest BCUT2D eigenvalue weighted by Crippen LogP contribution is 2.38. The molecule has 4 heteroatoms. The van der Waals surface area contributed by atoms with E-state index >= 15 is 0 Å². The largest absolute Gasteiger partial charge is 0.381 e. The fourth-order valence-corrected chi connectivity index (χ4v) is 3.45. The molecule has 1 saturated heterocycles. The molecule has 2 fully saturated rings. The maximum Gasteiger partial charge on any atom is 0.171 e. The van der Waals surface area contributed by atoms with E-state index in [9.17, 15) is 0 Å². The lowest BCUT2D eigenvalue weighted by molar-refractivity contribution is 0.243. The van der Waals surface area contributed by atoms with E-state index in [-0.39, 0.29) is 0 Å². The quantitative estimate of drug-likeness (QED) is 0.806. The van der Waals surface area contributed by atoms with Crippen molar-refractivity contribution in [3.05, 3.63) is 12.4 Å². The van der Waals surface area contributed by atoms with E-state index in [0.29, 0.717) is 11.9 Å². The van der Waals surface area contributed by atoms with Gasteiger partial charge in [-0.05, 0) is 31.6 Å². The molecule has 0 radical (unpaired) electrons. The van der Waals surface area contributed by atoms with Crippen LogP contribution in [-0.4, -0.2) is 22.6 Å². The lowest BCUT2D eigenvalue weighted by Gasteiger charge is -2.44. The van der Waals surface area contributed by atoms with E-state index in [2.05, 4.69) is 14.9 Å². The van der Waals surface area contributed by atoms with Crippen LogP contribution in [0.4, 0.5) is 11.6 Å². The topological polar surface area (TPSA) is 55.0 Å². The van der Waals surface area contributed by atoms with Crippen molar-refractivity contribution in [2.24, 2.45) is 5.92 Å². The van der Waals surface area contributed by atoms with Crippen LogP contribution < -0.4 is 10.6 Å². The molecule has 1 saturated carbocycles. The zero-order valence-electron chi connectivity index (χ0n) is 10.2. The van der Waals surface area contributed by atoms with Gasteiger partial charge in [0.05, 0.1) is 0 Å². The van der Waals surface area contributed by atoms with Gasteiger partial charge in [-0.3, -0.25) is 0 Å². The molecule has 92 valence electrons. The zero-order chi connectivity index (χ0) is 11.7. The summed E-state index contributed by atoms with van der Waals surface area (Å²) in [6, 6.07) is 0.650. The maximum absolute atomic E-state index is 5.96. The average Bonchev–Trinajstić information content (AvgIpc) is 2.39. The second-order valence-electron chi connectivity index (χ2n) is 5.21. The second-order valence-corrected chi connectivity index (χ2v) is 5.21. The first kappa shape index (κ1) is 10.8. The van der Waals surface area contributed by atoms with Crippen molar-refractivity contribution in [2.75, 3.05) is 17.2 Å². The third kappa shape index (κ3) is 1.96. The van der Waals surface area contributed by atoms with E-state index in [1.54, 1.807) is 12.4 Å². The highest BCUT2D eigenvalue weighted by Gasteiger charge is 2.34. The predicted molar refractivity (Wildman–Crippen MR) is 68.8 cm³/mol. The van der Waals surface area contributed by atoms with Crippen molar-refractivity contribution in [2.45, 2.75) is 44.6 Å². The SMILES string of the molecule is Nc1nccnc1N1CCC[C@H]2CCCC[C@H]21. The van der Waals surface area contributed by atoms with Crippen molar-refractivity contribution in [1.82, 2.24) is 9.97 Å². The number of nitrogens with two attached hydrogens (primary N) is 1. The summed E-state index contributed by atoms with van der Waals surface area (Å²) in [4.78, 5) is 11.0. The van der Waals surface area contributed by atoms with Gasteiger partial charge in [-0.15, -0.1) is 0 Å². The number of hydrogen-bond acceptors (Lipinski definition) is 4. The van der Waals surface area contributed by atoms with Gasteiger partial charge in [0.1, 0.15) is 0 Å². The minimum Gasteiger partial charge on any atom is -0.381 e. The normalized spacial score (nSPS) is 28.8. The van der Waals surface area contributed by atoms with Crippen molar-refractivity contribution in [3.8, 4) is 0 Å². The Hall–Kier alpha value is -1.32. The number of fused-ring (bicyclic) bond motifs is 1. The van der Waals surface area contributed by atoms with Gasteiger partial charge in [0, 0.05) is 25.0 Å². The monoisotopic (exact) mass is 232 g/mol. The molecule has 2 atom stereocenters. The fraction of sp³-hybridized carbons (Fsp3) is 0.692. The smallest absolute Gasteiger partial charge is 0.171 e. The number of anilines is 2. The summed E-state index contributed by atoms with van der Waals surface area (Å²) in [7, 11) is 0. The van der Waals surface area contributed by atoms with E-state index in [0.717, 1.165) is 18.3 Å². The van der Waals surface area contributed by atoms with Crippen molar-refractivity contribution >= 4 is 11.6 Å². The van der Waals surface area contributed by atoms with E-state index in [4.69, 9.17) is 5.73 Å². The van der Waals surface area contributed by atoms with Gasteiger partial charge in [-0.1, -0.05) is 12.8 Å². The van der Waals surface area contributed by atoms with Crippen LogP contribution in [0.1, 0.15) is 38.5 Å². The molecule has 2 aliphatic rings. The molecule has 3 rings (SSSR count). The fourth-order valence-electron chi connectivity index (χ4n) is 3.45. The number of piperidine rings is 1. The number of nitrogens with zero attached hydrogens (tertiary/aromatic N) is 3. The van der Waals surface area contributed by atoms with Gasteiger partial charge in [-0.25, -0.2) is 9.97 Å². The molecule has 1 aliphatic carbocycles. The molecule has 0 bridgehead atoms. The molecular weight excluding hydrogens is 212 g/mol. The Labute approximate surface area is 102 Å². The van der Waals surface area contributed by atoms with Gasteiger partial charge in [-0.2, -0.15) is 0 Å². The predicted octanol–water partition coefficient (Wildman–Crippen LogP) is 2.22. The van der Waals surface area contributed by atoms with Gasteiger partial charge < -0.3 is 10.6 Å². The van der Waals surface area contributed by atoms with Crippen LogP contribution in [0.15, 0.2) is 12.4 Å². The van der Waals surface area contributed by atoms with E-state index < -0.39 is 0 Å². The summed E-state index contributed by atoms with van der Waals surface area (Å²) in [5, 5.41) is 0. The molecule has 0 unspecified atom stereocenters. The highest BCUT2D eigenvalue weighted by molar-refractivity contribution is 5.58. The summed E-state index contributed by atoms with van der Waals surface area (Å²) >= 11 is 0. The molecule has 2 N–H and O–H groups in total. The number of nitrogen functional groups attached to an aromatic ring is 1. The maximum atomic E-state index is 5.96. The van der Waals surface area contributed by atoms with Crippen LogP contribution in [0, 0.1) is 5.92 Å². The minimum atomic E-state index is 0.582. The summed E-state index contributed by atoms with van der Waals surface area (Å²) in [6.07, 6.45) is 11.5. The van der Waals surface area contributed by atoms with Crippen LogP contribution in [-0.2, 0) is 0 Å². The lowest BCUT2D eigenvalue weighted by atomic mass is 9.78. The Balaban J connectivity index is 1.88. The number of aromatic nitrogens is 2. The van der Waals surface area contributed by atoms with Crippen LogP contribution in [0.3, 0.4) is 0 Å². The van der Waals surface area contributed by atoms with Gasteiger partial charge in [0.2, 0.25) is 0 Å². The Kier molecular flexibility index (Phi) is 2.87. The van der Waals surface area contributed by atoms with Gasteiger partial charge >= 0.3 is 0 Å². The first-order valence-corrected chi connectivity index (χ1v) is 6.69. The molecule has 4 nitrogen and oxygen atoms in total. The van der Waals surface area contributed by atoms with Crippen LogP contribution in [0.2, 0.25) is 0 Å².